The Balaban J connectivity index is 1.48. The van der Waals surface area contributed by atoms with E-state index in [1.807, 2.05) is 13.0 Å². The number of rotatable bonds is 12. The van der Waals surface area contributed by atoms with Crippen molar-refractivity contribution in [3.8, 4) is 17.0 Å². The van der Waals surface area contributed by atoms with Crippen LogP contribution in [0.15, 0.2) is 48.9 Å². The fraction of sp³-hybridized carbons (Fsp3) is 0.286. The third kappa shape index (κ3) is 6.42. The summed E-state index contributed by atoms with van der Waals surface area (Å²) in [5.74, 6) is -2.53. The number of anilines is 2. The van der Waals surface area contributed by atoms with Crippen molar-refractivity contribution in [1.29, 1.82) is 0 Å². The van der Waals surface area contributed by atoms with Gasteiger partial charge in [-0.15, -0.1) is 0 Å². The van der Waals surface area contributed by atoms with Gasteiger partial charge in [0.25, 0.3) is 5.91 Å². The fourth-order valence-corrected chi connectivity index (χ4v) is 4.31. The number of ether oxygens (including phenoxy) is 1. The third-order valence-electron chi connectivity index (χ3n) is 6.49. The van der Waals surface area contributed by atoms with Gasteiger partial charge in [-0.1, -0.05) is 6.92 Å². The Morgan fingerprint density at radius 2 is 1.88 bits per heavy atom. The molecule has 216 valence electrons. The molecule has 7 N–H and O–H groups in total. The molecule has 0 saturated heterocycles. The van der Waals surface area contributed by atoms with Crippen LogP contribution in [0.4, 0.5) is 20.3 Å². The summed E-state index contributed by atoms with van der Waals surface area (Å²) < 4.78 is 35.6. The summed E-state index contributed by atoms with van der Waals surface area (Å²) in [6.07, 6.45) is 5.51. The lowest BCUT2D eigenvalue weighted by atomic mass is 10.0. The van der Waals surface area contributed by atoms with Crippen LogP contribution in [0, 0.1) is 11.6 Å². The molecule has 2 heterocycles. The molecule has 2 amide bonds. The van der Waals surface area contributed by atoms with Crippen LogP contribution in [0.25, 0.3) is 16.9 Å². The standard InChI is InChI=1S/C28H32F2N8O3/c1-3-16-14-17(4-5-18(16)27(39)34-10-11-35-28(40)20(32)8-9-31)37-25-26-36-15-21(38(26)13-12-33-25)19-6-7-22(41-2)24(30)23(19)29/h4-7,12-15,20H,3,8-11,31-32H2,1-2H3,(H,33,37)(H,34,39)(H,35,40). The Morgan fingerprint density at radius 3 is 2.61 bits per heavy atom. The maximum absolute atomic E-state index is 14.8. The number of aromatic nitrogens is 3. The number of nitrogens with one attached hydrogen (secondary N) is 3. The second-order valence-electron chi connectivity index (χ2n) is 9.14. The van der Waals surface area contributed by atoms with Crippen LogP contribution in [0.5, 0.6) is 5.75 Å². The Morgan fingerprint density at radius 1 is 1.10 bits per heavy atom. The number of halogens is 2. The molecular weight excluding hydrogens is 534 g/mol. The first kappa shape index (κ1) is 29.4. The van der Waals surface area contributed by atoms with E-state index in [9.17, 15) is 18.4 Å². The largest absolute Gasteiger partial charge is 0.494 e. The molecule has 0 aliphatic heterocycles. The molecule has 2 aromatic carbocycles. The molecule has 11 nitrogen and oxygen atoms in total. The van der Waals surface area contributed by atoms with Crippen molar-refractivity contribution in [2.75, 3.05) is 32.1 Å². The summed E-state index contributed by atoms with van der Waals surface area (Å²) in [6, 6.07) is 7.36. The predicted octanol–water partition coefficient (Wildman–Crippen LogP) is 2.51. The van der Waals surface area contributed by atoms with E-state index in [0.717, 1.165) is 5.56 Å². The summed E-state index contributed by atoms with van der Waals surface area (Å²) in [4.78, 5) is 33.4. The zero-order chi connectivity index (χ0) is 29.5. The maximum Gasteiger partial charge on any atom is 0.251 e. The van der Waals surface area contributed by atoms with Gasteiger partial charge in [0.05, 0.1) is 25.0 Å². The molecule has 4 aromatic rings. The number of fused-ring (bicyclic) bond motifs is 1. The van der Waals surface area contributed by atoms with Gasteiger partial charge in [-0.05, 0) is 55.3 Å². The predicted molar refractivity (Wildman–Crippen MR) is 151 cm³/mol. The van der Waals surface area contributed by atoms with Crippen LogP contribution >= 0.6 is 0 Å². The van der Waals surface area contributed by atoms with E-state index in [-0.39, 0.29) is 36.2 Å². The lowest BCUT2D eigenvalue weighted by molar-refractivity contribution is -0.122. The van der Waals surface area contributed by atoms with Gasteiger partial charge in [-0.2, -0.15) is 4.39 Å². The second-order valence-corrected chi connectivity index (χ2v) is 9.14. The van der Waals surface area contributed by atoms with E-state index in [1.165, 1.54) is 31.6 Å². The van der Waals surface area contributed by atoms with E-state index >= 15 is 0 Å². The maximum atomic E-state index is 14.8. The molecule has 41 heavy (non-hydrogen) atoms. The van der Waals surface area contributed by atoms with Crippen molar-refractivity contribution >= 4 is 29.0 Å². The van der Waals surface area contributed by atoms with Crippen molar-refractivity contribution in [2.45, 2.75) is 25.8 Å². The van der Waals surface area contributed by atoms with Crippen LogP contribution in [0.2, 0.25) is 0 Å². The molecule has 0 aliphatic carbocycles. The monoisotopic (exact) mass is 566 g/mol. The van der Waals surface area contributed by atoms with Crippen molar-refractivity contribution in [3.63, 3.8) is 0 Å². The zero-order valence-electron chi connectivity index (χ0n) is 22.7. The average Bonchev–Trinajstić information content (AvgIpc) is 3.41. The van der Waals surface area contributed by atoms with Crippen LogP contribution in [-0.4, -0.2) is 59.0 Å². The van der Waals surface area contributed by atoms with E-state index in [0.29, 0.717) is 47.8 Å². The van der Waals surface area contributed by atoms with Crippen LogP contribution in [0.3, 0.4) is 0 Å². The third-order valence-corrected chi connectivity index (χ3v) is 6.49. The lowest BCUT2D eigenvalue weighted by Crippen LogP contribution is -2.44. The Bertz CT molecular complexity index is 1560. The van der Waals surface area contributed by atoms with Gasteiger partial charge in [0, 0.05) is 42.3 Å². The molecule has 0 spiro atoms. The number of nitrogens with two attached hydrogens (primary N) is 2. The van der Waals surface area contributed by atoms with Gasteiger partial charge in [-0.3, -0.25) is 14.0 Å². The summed E-state index contributed by atoms with van der Waals surface area (Å²) in [5, 5.41) is 8.67. The minimum Gasteiger partial charge on any atom is -0.494 e. The first-order valence-electron chi connectivity index (χ1n) is 13.0. The number of hydrogen-bond donors (Lipinski definition) is 5. The molecule has 0 aliphatic rings. The van der Waals surface area contributed by atoms with Crippen LogP contribution in [-0.2, 0) is 11.2 Å². The number of carbonyl (C=O) groups excluding carboxylic acids is 2. The van der Waals surface area contributed by atoms with Gasteiger partial charge >= 0.3 is 0 Å². The zero-order valence-corrected chi connectivity index (χ0v) is 22.7. The topological polar surface area (TPSA) is 162 Å². The van der Waals surface area contributed by atoms with Gasteiger partial charge in [-0.25, -0.2) is 14.4 Å². The number of carbonyl (C=O) groups is 2. The lowest BCUT2D eigenvalue weighted by Gasteiger charge is -2.14. The number of imidazole rings is 1. The summed E-state index contributed by atoms with van der Waals surface area (Å²) >= 11 is 0. The summed E-state index contributed by atoms with van der Waals surface area (Å²) in [7, 11) is 1.27. The second kappa shape index (κ2) is 13.2. The molecule has 4 rings (SSSR count). The molecular formula is C28H32F2N8O3. The minimum absolute atomic E-state index is 0.0227. The highest BCUT2D eigenvalue weighted by atomic mass is 19.2. The summed E-state index contributed by atoms with van der Waals surface area (Å²) in [6.45, 7) is 2.71. The summed E-state index contributed by atoms with van der Waals surface area (Å²) in [5.41, 5.74) is 13.8. The van der Waals surface area contributed by atoms with Gasteiger partial charge < -0.3 is 32.2 Å². The van der Waals surface area contributed by atoms with Crippen LogP contribution < -0.4 is 32.2 Å². The quantitative estimate of drug-likeness (QED) is 0.163. The molecule has 0 saturated carbocycles. The normalized spacial score (nSPS) is 11.8. The molecule has 1 unspecified atom stereocenters. The smallest absolute Gasteiger partial charge is 0.251 e. The molecule has 2 aromatic heterocycles. The number of amides is 2. The highest BCUT2D eigenvalue weighted by molar-refractivity contribution is 5.96. The van der Waals surface area contributed by atoms with E-state index in [2.05, 4.69) is 25.9 Å². The fourth-order valence-electron chi connectivity index (χ4n) is 4.31. The highest BCUT2D eigenvalue weighted by Crippen LogP contribution is 2.31. The van der Waals surface area contributed by atoms with Crippen molar-refractivity contribution in [1.82, 2.24) is 25.0 Å². The van der Waals surface area contributed by atoms with Gasteiger partial charge in [0.2, 0.25) is 11.7 Å². The number of benzene rings is 2. The SMILES string of the molecule is CCc1cc(Nc2nccn3c(-c4ccc(OC)c(F)c4F)cnc23)ccc1C(=O)NCCNC(=O)C(N)CCN. The number of aryl methyl sites for hydroxylation is 1. The molecule has 0 fully saturated rings. The average molecular weight is 567 g/mol. The molecule has 1 atom stereocenters. The highest BCUT2D eigenvalue weighted by Gasteiger charge is 2.19. The minimum atomic E-state index is -1.08. The first-order valence-corrected chi connectivity index (χ1v) is 13.0. The Labute approximate surface area is 235 Å². The van der Waals surface area contributed by atoms with Gasteiger partial charge in [0.1, 0.15) is 0 Å². The van der Waals surface area contributed by atoms with Crippen LogP contribution in [0.1, 0.15) is 29.3 Å². The molecule has 13 heteroatoms. The Kier molecular flexibility index (Phi) is 9.42. The first-order chi connectivity index (χ1) is 19.8. The van der Waals surface area contributed by atoms with E-state index in [4.69, 9.17) is 16.2 Å². The molecule has 0 bridgehead atoms. The van der Waals surface area contributed by atoms with Gasteiger partial charge in [0.15, 0.2) is 23.0 Å². The number of hydrogen-bond acceptors (Lipinski definition) is 8. The van der Waals surface area contributed by atoms with E-state index in [1.54, 1.807) is 22.7 Å². The van der Waals surface area contributed by atoms with Crippen molar-refractivity contribution in [2.24, 2.45) is 11.5 Å². The molecule has 0 radical (unpaired) electrons. The van der Waals surface area contributed by atoms with Crippen molar-refractivity contribution < 1.29 is 23.1 Å². The van der Waals surface area contributed by atoms with Crippen molar-refractivity contribution in [3.05, 3.63) is 71.7 Å². The number of methoxy groups -OCH3 is 1. The van der Waals surface area contributed by atoms with E-state index < -0.39 is 17.7 Å². The number of nitrogens with zero attached hydrogens (tertiary/aromatic N) is 3. The Hall–Kier alpha value is -4.62.